The minimum Gasteiger partial charge on any atom is -0.326 e. The summed E-state index contributed by atoms with van der Waals surface area (Å²) in [7, 11) is -3.10. The van der Waals surface area contributed by atoms with E-state index in [1.807, 2.05) is 12.1 Å². The molecule has 1 aliphatic rings. The van der Waals surface area contributed by atoms with Crippen LogP contribution in [0.4, 0.5) is 0 Å². The van der Waals surface area contributed by atoms with Crippen LogP contribution in [0.15, 0.2) is 29.2 Å². The predicted molar refractivity (Wildman–Crippen MR) is 72.0 cm³/mol. The summed E-state index contributed by atoms with van der Waals surface area (Å²) in [6.45, 7) is 0.739. The van der Waals surface area contributed by atoms with E-state index in [0.717, 1.165) is 24.9 Å². The molecule has 4 nitrogen and oxygen atoms in total. The lowest BCUT2D eigenvalue weighted by Crippen LogP contribution is -2.40. The van der Waals surface area contributed by atoms with Gasteiger partial charge in [0.15, 0.2) is 9.84 Å². The fourth-order valence-corrected chi connectivity index (χ4v) is 2.98. The molecule has 1 aromatic rings. The number of hydrogen-bond acceptors (Lipinski definition) is 4. The molecule has 100 valence electrons. The second-order valence-corrected chi connectivity index (χ2v) is 7.01. The maximum atomic E-state index is 11.3. The van der Waals surface area contributed by atoms with Gasteiger partial charge in [-0.3, -0.25) is 0 Å². The van der Waals surface area contributed by atoms with E-state index in [-0.39, 0.29) is 6.04 Å². The first-order valence-corrected chi connectivity index (χ1v) is 8.14. The van der Waals surface area contributed by atoms with E-state index in [4.69, 9.17) is 5.73 Å². The Balaban J connectivity index is 1.94. The smallest absolute Gasteiger partial charge is 0.175 e. The highest BCUT2D eigenvalue weighted by Gasteiger charge is 2.22. The lowest BCUT2D eigenvalue weighted by Gasteiger charge is -2.17. The first-order chi connectivity index (χ1) is 8.47. The van der Waals surface area contributed by atoms with Crippen molar-refractivity contribution >= 4 is 9.84 Å². The van der Waals surface area contributed by atoms with Crippen LogP contribution in [0.1, 0.15) is 24.8 Å². The molecule has 0 amide bonds. The van der Waals surface area contributed by atoms with Crippen LogP contribution in [-0.4, -0.2) is 26.8 Å². The van der Waals surface area contributed by atoms with Gasteiger partial charge in [0.25, 0.3) is 0 Å². The fraction of sp³-hybridized carbons (Fsp3) is 0.538. The number of rotatable bonds is 4. The Kier molecular flexibility index (Phi) is 4.04. The highest BCUT2D eigenvalue weighted by atomic mass is 32.2. The van der Waals surface area contributed by atoms with Crippen molar-refractivity contribution in [2.24, 2.45) is 5.73 Å². The Morgan fingerprint density at radius 1 is 1.28 bits per heavy atom. The Labute approximate surface area is 108 Å². The summed E-state index contributed by atoms with van der Waals surface area (Å²) >= 11 is 0. The summed E-state index contributed by atoms with van der Waals surface area (Å²) in [5.74, 6) is 0. The van der Waals surface area contributed by atoms with Gasteiger partial charge in [0, 0.05) is 24.9 Å². The molecular formula is C13H20N2O2S. The molecule has 0 aliphatic heterocycles. The average molecular weight is 268 g/mol. The van der Waals surface area contributed by atoms with Crippen molar-refractivity contribution < 1.29 is 8.42 Å². The third-order valence-corrected chi connectivity index (χ3v) is 4.62. The normalized spacial score (nSPS) is 24.3. The molecule has 1 aromatic carbocycles. The van der Waals surface area contributed by atoms with E-state index >= 15 is 0 Å². The van der Waals surface area contributed by atoms with Crippen LogP contribution < -0.4 is 11.1 Å². The first-order valence-electron chi connectivity index (χ1n) is 6.25. The van der Waals surface area contributed by atoms with Gasteiger partial charge in [0.05, 0.1) is 4.90 Å². The molecule has 1 aliphatic carbocycles. The van der Waals surface area contributed by atoms with Gasteiger partial charge in [-0.2, -0.15) is 0 Å². The summed E-state index contributed by atoms with van der Waals surface area (Å²) < 4.78 is 22.6. The highest BCUT2D eigenvalue weighted by molar-refractivity contribution is 7.90. The molecule has 1 saturated carbocycles. The first kappa shape index (κ1) is 13.5. The van der Waals surface area contributed by atoms with Crippen molar-refractivity contribution in [2.45, 2.75) is 42.8 Å². The third-order valence-electron chi connectivity index (χ3n) is 3.49. The topological polar surface area (TPSA) is 72.2 Å². The lowest BCUT2D eigenvalue weighted by atomic mass is 10.1. The molecule has 0 saturated heterocycles. The van der Waals surface area contributed by atoms with Gasteiger partial charge >= 0.3 is 0 Å². The van der Waals surface area contributed by atoms with Crippen molar-refractivity contribution in [1.29, 1.82) is 0 Å². The minimum atomic E-state index is -3.10. The van der Waals surface area contributed by atoms with E-state index < -0.39 is 9.84 Å². The highest BCUT2D eigenvalue weighted by Crippen LogP contribution is 2.18. The summed E-state index contributed by atoms with van der Waals surface area (Å²) in [6.07, 6.45) is 4.62. The summed E-state index contributed by atoms with van der Waals surface area (Å²) in [5.41, 5.74) is 7.07. The number of nitrogens with two attached hydrogens (primary N) is 1. The largest absolute Gasteiger partial charge is 0.326 e. The van der Waals surface area contributed by atoms with Crippen molar-refractivity contribution in [3.63, 3.8) is 0 Å². The zero-order valence-electron chi connectivity index (χ0n) is 10.6. The molecule has 1 fully saturated rings. The Morgan fingerprint density at radius 3 is 2.44 bits per heavy atom. The Morgan fingerprint density at radius 2 is 1.94 bits per heavy atom. The molecule has 2 unspecified atom stereocenters. The maximum Gasteiger partial charge on any atom is 0.175 e. The molecule has 0 radical (unpaired) electrons. The Hall–Kier alpha value is -0.910. The maximum absolute atomic E-state index is 11.3. The fourth-order valence-electron chi connectivity index (χ4n) is 2.35. The quantitative estimate of drug-likeness (QED) is 0.856. The van der Waals surface area contributed by atoms with Gasteiger partial charge in [0.2, 0.25) is 0 Å². The van der Waals surface area contributed by atoms with Crippen molar-refractivity contribution in [1.82, 2.24) is 5.32 Å². The molecule has 2 atom stereocenters. The molecule has 0 heterocycles. The number of hydrogen-bond donors (Lipinski definition) is 2. The number of benzene rings is 1. The molecular weight excluding hydrogens is 248 g/mol. The summed E-state index contributed by atoms with van der Waals surface area (Å²) in [6, 6.07) is 7.65. The van der Waals surface area contributed by atoms with Crippen LogP contribution in [0.2, 0.25) is 0 Å². The molecule has 0 bridgehead atoms. The van der Waals surface area contributed by atoms with Gasteiger partial charge in [-0.15, -0.1) is 0 Å². The predicted octanol–water partition coefficient (Wildman–Crippen LogP) is 1.06. The minimum absolute atomic E-state index is 0.250. The second kappa shape index (κ2) is 5.38. The SMILES string of the molecule is CS(=O)(=O)c1ccc(CNC2CCCC2N)cc1. The van der Waals surface area contributed by atoms with E-state index in [2.05, 4.69) is 5.32 Å². The molecule has 18 heavy (non-hydrogen) atoms. The standard InChI is InChI=1S/C13H20N2O2S/c1-18(16,17)11-7-5-10(6-8-11)9-15-13-4-2-3-12(13)14/h5-8,12-13,15H,2-4,9,14H2,1H3. The lowest BCUT2D eigenvalue weighted by molar-refractivity contribution is 0.475. The van der Waals surface area contributed by atoms with E-state index in [1.54, 1.807) is 12.1 Å². The van der Waals surface area contributed by atoms with Crippen LogP contribution >= 0.6 is 0 Å². The van der Waals surface area contributed by atoms with Gasteiger partial charge < -0.3 is 11.1 Å². The van der Waals surface area contributed by atoms with Crippen LogP contribution in [0.5, 0.6) is 0 Å². The van der Waals surface area contributed by atoms with E-state index in [9.17, 15) is 8.42 Å². The number of sulfone groups is 1. The van der Waals surface area contributed by atoms with Gasteiger partial charge in [-0.05, 0) is 30.5 Å². The molecule has 3 N–H and O–H groups in total. The van der Waals surface area contributed by atoms with Crippen molar-refractivity contribution in [3.05, 3.63) is 29.8 Å². The summed E-state index contributed by atoms with van der Waals surface area (Å²) in [4.78, 5) is 0.365. The number of nitrogens with one attached hydrogen (secondary N) is 1. The van der Waals surface area contributed by atoms with E-state index in [1.165, 1.54) is 12.7 Å². The van der Waals surface area contributed by atoms with Gasteiger partial charge in [0.1, 0.15) is 0 Å². The van der Waals surface area contributed by atoms with Crippen molar-refractivity contribution in [2.75, 3.05) is 6.26 Å². The van der Waals surface area contributed by atoms with Crippen LogP contribution in [-0.2, 0) is 16.4 Å². The van der Waals surface area contributed by atoms with E-state index in [0.29, 0.717) is 10.9 Å². The van der Waals surface area contributed by atoms with Crippen molar-refractivity contribution in [3.8, 4) is 0 Å². The molecule has 0 spiro atoms. The molecule has 0 aromatic heterocycles. The van der Waals surface area contributed by atoms with Crippen LogP contribution in [0, 0.1) is 0 Å². The van der Waals surface area contributed by atoms with Crippen LogP contribution in [0.3, 0.4) is 0 Å². The third kappa shape index (κ3) is 3.31. The zero-order valence-corrected chi connectivity index (χ0v) is 11.4. The van der Waals surface area contributed by atoms with Gasteiger partial charge in [-0.25, -0.2) is 8.42 Å². The molecule has 5 heteroatoms. The Bertz CT molecular complexity index is 496. The monoisotopic (exact) mass is 268 g/mol. The summed E-state index contributed by atoms with van der Waals surface area (Å²) in [5, 5.41) is 3.43. The van der Waals surface area contributed by atoms with Crippen LogP contribution in [0.25, 0.3) is 0 Å². The zero-order chi connectivity index (χ0) is 13.2. The molecule has 2 rings (SSSR count). The van der Waals surface area contributed by atoms with Gasteiger partial charge in [-0.1, -0.05) is 18.6 Å². The second-order valence-electron chi connectivity index (χ2n) is 5.00. The average Bonchev–Trinajstić information content (AvgIpc) is 2.72.